The molecule has 0 aliphatic rings. The number of hydrogen-bond donors (Lipinski definition) is 0. The van der Waals surface area contributed by atoms with Crippen LogP contribution in [0.3, 0.4) is 0 Å². The number of carbonyl (C=O) groups excluding carboxylic acids is 1. The molecule has 1 aromatic rings. The first kappa shape index (κ1) is 19.6. The van der Waals surface area contributed by atoms with E-state index in [2.05, 4.69) is 17.0 Å². The summed E-state index contributed by atoms with van der Waals surface area (Å²) < 4.78 is 27.0. The van der Waals surface area contributed by atoms with E-state index < -0.39 is 10.0 Å². The van der Waals surface area contributed by atoms with E-state index in [1.165, 1.54) is 11.4 Å². The highest BCUT2D eigenvalue weighted by molar-refractivity contribution is 7.88. The third-order valence-electron chi connectivity index (χ3n) is 3.67. The van der Waals surface area contributed by atoms with Crippen molar-refractivity contribution in [2.75, 3.05) is 26.7 Å². The number of rotatable bonds is 9. The Morgan fingerprint density at radius 3 is 2.39 bits per heavy atom. The van der Waals surface area contributed by atoms with Crippen LogP contribution >= 0.6 is 0 Å². The Labute approximate surface area is 138 Å². The molecule has 132 valence electrons. The third-order valence-corrected chi connectivity index (χ3v) is 5.32. The van der Waals surface area contributed by atoms with Gasteiger partial charge in [0.05, 0.1) is 0 Å². The number of aromatic nitrogens is 3. The first-order chi connectivity index (χ1) is 10.9. The van der Waals surface area contributed by atoms with Gasteiger partial charge in [0.1, 0.15) is 6.33 Å². The van der Waals surface area contributed by atoms with E-state index in [0.717, 1.165) is 36.7 Å². The van der Waals surface area contributed by atoms with Crippen molar-refractivity contribution in [3.63, 3.8) is 0 Å². The summed E-state index contributed by atoms with van der Waals surface area (Å²) in [6.45, 7) is 7.26. The summed E-state index contributed by atoms with van der Waals surface area (Å²) in [5.41, 5.74) is 0. The van der Waals surface area contributed by atoms with Crippen LogP contribution in [0.1, 0.15) is 46.5 Å². The zero-order valence-electron chi connectivity index (χ0n) is 14.4. The summed E-state index contributed by atoms with van der Waals surface area (Å²) in [4.78, 5) is 17.5. The Balaban J connectivity index is 2.80. The lowest BCUT2D eigenvalue weighted by atomic mass is 10.2. The smallest absolute Gasteiger partial charge is 0.323 e. The molecule has 0 radical (unpaired) electrons. The van der Waals surface area contributed by atoms with Crippen LogP contribution in [0.25, 0.3) is 0 Å². The van der Waals surface area contributed by atoms with Gasteiger partial charge in [0.2, 0.25) is 0 Å². The van der Waals surface area contributed by atoms with Gasteiger partial charge in [-0.05, 0) is 20.3 Å². The fraction of sp³-hybridized carbons (Fsp3) is 0.786. The Kier molecular flexibility index (Phi) is 7.63. The molecule has 0 bridgehead atoms. The monoisotopic (exact) mass is 345 g/mol. The summed E-state index contributed by atoms with van der Waals surface area (Å²) >= 11 is 0. The molecule has 0 spiro atoms. The molecule has 1 amide bonds. The van der Waals surface area contributed by atoms with E-state index in [-0.39, 0.29) is 11.2 Å². The van der Waals surface area contributed by atoms with Crippen LogP contribution in [0.2, 0.25) is 0 Å². The molecule has 0 unspecified atom stereocenters. The second kappa shape index (κ2) is 8.97. The first-order valence-electron chi connectivity index (χ1n) is 8.05. The quantitative estimate of drug-likeness (QED) is 0.637. The maximum absolute atomic E-state index is 12.4. The Morgan fingerprint density at radius 2 is 1.83 bits per heavy atom. The Hall–Kier alpha value is -1.48. The normalized spacial score (nSPS) is 11.9. The molecule has 0 aliphatic carbocycles. The lowest BCUT2D eigenvalue weighted by Crippen LogP contribution is -2.35. The summed E-state index contributed by atoms with van der Waals surface area (Å²) in [5, 5.41) is 3.51. The maximum Gasteiger partial charge on any atom is 0.346 e. The fourth-order valence-electron chi connectivity index (χ4n) is 2.12. The molecule has 1 rings (SSSR count). The van der Waals surface area contributed by atoms with E-state index in [1.54, 1.807) is 4.90 Å². The number of unbranched alkanes of at least 4 members (excludes halogenated alkanes) is 3. The van der Waals surface area contributed by atoms with Gasteiger partial charge in [-0.15, -0.1) is 5.10 Å². The Morgan fingerprint density at radius 1 is 1.17 bits per heavy atom. The van der Waals surface area contributed by atoms with Crippen molar-refractivity contribution in [2.24, 2.45) is 0 Å². The van der Waals surface area contributed by atoms with E-state index in [1.807, 2.05) is 13.8 Å². The van der Waals surface area contributed by atoms with Crippen molar-refractivity contribution in [1.82, 2.24) is 24.0 Å². The average molecular weight is 345 g/mol. The Bertz CT molecular complexity index is 595. The van der Waals surface area contributed by atoms with Crippen LogP contribution in [-0.4, -0.2) is 65.1 Å². The molecule has 0 aromatic carbocycles. The number of sulfonamides is 1. The molecule has 0 N–H and O–H groups in total. The van der Waals surface area contributed by atoms with E-state index in [9.17, 15) is 13.2 Å². The van der Waals surface area contributed by atoms with Crippen LogP contribution in [0, 0.1) is 0 Å². The standard InChI is InChI=1S/C14H27N5O3S/c1-5-8-9-10-11-17(4)23(21,22)13-15-12-19(16-13)14(20)18(6-2)7-3/h12H,5-11H2,1-4H3. The van der Waals surface area contributed by atoms with Crippen molar-refractivity contribution in [3.8, 4) is 0 Å². The largest absolute Gasteiger partial charge is 0.346 e. The van der Waals surface area contributed by atoms with Gasteiger partial charge in [0.15, 0.2) is 0 Å². The summed E-state index contributed by atoms with van der Waals surface area (Å²) in [6.07, 6.45) is 5.11. The first-order valence-corrected chi connectivity index (χ1v) is 9.49. The fourth-order valence-corrected chi connectivity index (χ4v) is 3.14. The molecule has 1 aromatic heterocycles. The van der Waals surface area contributed by atoms with Crippen molar-refractivity contribution < 1.29 is 13.2 Å². The number of carbonyl (C=O) groups is 1. The minimum absolute atomic E-state index is 0.337. The van der Waals surface area contributed by atoms with Gasteiger partial charge in [-0.25, -0.2) is 18.2 Å². The average Bonchev–Trinajstić information content (AvgIpc) is 3.03. The van der Waals surface area contributed by atoms with Crippen molar-refractivity contribution in [1.29, 1.82) is 0 Å². The molecule has 9 heteroatoms. The molecular weight excluding hydrogens is 318 g/mol. The van der Waals surface area contributed by atoms with Crippen LogP contribution in [0.4, 0.5) is 4.79 Å². The second-order valence-corrected chi connectivity index (χ2v) is 7.25. The highest BCUT2D eigenvalue weighted by atomic mass is 32.2. The SMILES string of the molecule is CCCCCCN(C)S(=O)(=O)c1ncn(C(=O)N(CC)CC)n1. The molecule has 8 nitrogen and oxygen atoms in total. The van der Waals surface area contributed by atoms with Gasteiger partial charge in [-0.3, -0.25) is 0 Å². The predicted molar refractivity (Wildman–Crippen MR) is 87.7 cm³/mol. The number of amides is 1. The van der Waals surface area contributed by atoms with Crippen molar-refractivity contribution in [3.05, 3.63) is 6.33 Å². The molecule has 0 saturated carbocycles. The minimum Gasteiger partial charge on any atom is -0.323 e. The van der Waals surface area contributed by atoms with E-state index in [4.69, 9.17) is 0 Å². The second-order valence-electron chi connectivity index (χ2n) is 5.31. The highest BCUT2D eigenvalue weighted by Gasteiger charge is 2.26. The molecule has 0 atom stereocenters. The summed E-state index contributed by atoms with van der Waals surface area (Å²) in [5.74, 6) is 0. The van der Waals surface area contributed by atoms with E-state index >= 15 is 0 Å². The van der Waals surface area contributed by atoms with Gasteiger partial charge >= 0.3 is 6.03 Å². The molecule has 0 saturated heterocycles. The van der Waals surface area contributed by atoms with Gasteiger partial charge in [-0.1, -0.05) is 26.2 Å². The van der Waals surface area contributed by atoms with Gasteiger partial charge in [-0.2, -0.15) is 8.99 Å². The van der Waals surface area contributed by atoms with Crippen LogP contribution < -0.4 is 0 Å². The number of hydrogen-bond acceptors (Lipinski definition) is 5. The predicted octanol–water partition coefficient (Wildman–Crippen LogP) is 1.79. The zero-order valence-corrected chi connectivity index (χ0v) is 15.2. The molecule has 1 heterocycles. The minimum atomic E-state index is -3.76. The lowest BCUT2D eigenvalue weighted by Gasteiger charge is -2.17. The summed E-state index contributed by atoms with van der Waals surface area (Å²) in [6, 6.07) is -0.380. The third kappa shape index (κ3) is 5.00. The molecule has 0 aliphatic heterocycles. The lowest BCUT2D eigenvalue weighted by molar-refractivity contribution is 0.201. The van der Waals surface area contributed by atoms with Gasteiger partial charge in [0.25, 0.3) is 15.2 Å². The van der Waals surface area contributed by atoms with Crippen LogP contribution in [-0.2, 0) is 10.0 Å². The van der Waals surface area contributed by atoms with Crippen LogP contribution in [0.5, 0.6) is 0 Å². The van der Waals surface area contributed by atoms with E-state index in [0.29, 0.717) is 19.6 Å². The molecule has 0 fully saturated rings. The molecule has 23 heavy (non-hydrogen) atoms. The van der Waals surface area contributed by atoms with Gasteiger partial charge < -0.3 is 4.90 Å². The van der Waals surface area contributed by atoms with Crippen molar-refractivity contribution >= 4 is 16.1 Å². The number of nitrogens with zero attached hydrogens (tertiary/aromatic N) is 5. The highest BCUT2D eigenvalue weighted by Crippen LogP contribution is 2.11. The van der Waals surface area contributed by atoms with Crippen molar-refractivity contribution in [2.45, 2.75) is 51.6 Å². The zero-order chi connectivity index (χ0) is 17.5. The topological polar surface area (TPSA) is 88.4 Å². The van der Waals surface area contributed by atoms with Crippen LogP contribution in [0.15, 0.2) is 11.5 Å². The van der Waals surface area contributed by atoms with Gasteiger partial charge in [0, 0.05) is 26.7 Å². The molecular formula is C14H27N5O3S. The maximum atomic E-state index is 12.4. The summed E-state index contributed by atoms with van der Waals surface area (Å²) in [7, 11) is -2.25.